The summed E-state index contributed by atoms with van der Waals surface area (Å²) in [4.78, 5) is 4.06. The summed E-state index contributed by atoms with van der Waals surface area (Å²) in [6.45, 7) is 1.44. The molecule has 1 unspecified atom stereocenters. The lowest BCUT2D eigenvalue weighted by atomic mass is 10.2. The van der Waals surface area contributed by atoms with Crippen molar-refractivity contribution >= 4 is 17.0 Å². The molecule has 1 aromatic carbocycles. The molecule has 1 fully saturated rings. The van der Waals surface area contributed by atoms with Crippen LogP contribution >= 0.6 is 0 Å². The van der Waals surface area contributed by atoms with Crippen molar-refractivity contribution in [3.63, 3.8) is 0 Å². The molecule has 4 nitrogen and oxygen atoms in total. The van der Waals surface area contributed by atoms with E-state index in [-0.39, 0.29) is 11.9 Å². The van der Waals surface area contributed by atoms with Crippen LogP contribution in [0.4, 0.5) is 10.3 Å². The second kappa shape index (κ2) is 4.00. The Bertz CT molecular complexity index is 546. The number of hydrogen-bond donors (Lipinski definition) is 1. The maximum Gasteiger partial charge on any atom is 0.201 e. The molecule has 1 atom stereocenters. The van der Waals surface area contributed by atoms with E-state index in [4.69, 9.17) is 10.5 Å². The van der Waals surface area contributed by atoms with E-state index in [1.165, 1.54) is 6.07 Å². The summed E-state index contributed by atoms with van der Waals surface area (Å²) >= 11 is 0. The van der Waals surface area contributed by atoms with Crippen LogP contribution in [0.3, 0.4) is 0 Å². The van der Waals surface area contributed by atoms with E-state index in [0.29, 0.717) is 18.0 Å². The van der Waals surface area contributed by atoms with E-state index >= 15 is 0 Å². The molecule has 0 aliphatic carbocycles. The number of halogens is 1. The van der Waals surface area contributed by atoms with Gasteiger partial charge in [0.15, 0.2) is 5.82 Å². The van der Waals surface area contributed by atoms with Crippen LogP contribution in [0, 0.1) is 5.82 Å². The molecule has 0 bridgehead atoms. The number of imidazole rings is 1. The van der Waals surface area contributed by atoms with Crippen LogP contribution in [0.1, 0.15) is 12.8 Å². The van der Waals surface area contributed by atoms with Crippen LogP contribution in [0.25, 0.3) is 11.0 Å². The van der Waals surface area contributed by atoms with Gasteiger partial charge in [-0.1, -0.05) is 6.07 Å². The monoisotopic (exact) mass is 235 g/mol. The highest BCUT2D eigenvalue weighted by molar-refractivity contribution is 5.78. The van der Waals surface area contributed by atoms with Gasteiger partial charge in [-0.05, 0) is 25.0 Å². The molecular weight excluding hydrogens is 221 g/mol. The van der Waals surface area contributed by atoms with Gasteiger partial charge in [0, 0.05) is 6.61 Å². The van der Waals surface area contributed by atoms with Gasteiger partial charge in [0.05, 0.1) is 18.2 Å². The number of para-hydroxylation sites is 1. The molecule has 0 spiro atoms. The zero-order chi connectivity index (χ0) is 11.8. The Morgan fingerprint density at radius 2 is 2.41 bits per heavy atom. The van der Waals surface area contributed by atoms with Gasteiger partial charge in [0.1, 0.15) is 5.52 Å². The number of aromatic nitrogens is 2. The van der Waals surface area contributed by atoms with Gasteiger partial charge < -0.3 is 15.0 Å². The zero-order valence-electron chi connectivity index (χ0n) is 9.40. The number of rotatable bonds is 2. The number of ether oxygens (including phenoxy) is 1. The van der Waals surface area contributed by atoms with Crippen molar-refractivity contribution in [2.75, 3.05) is 12.3 Å². The molecule has 3 rings (SSSR count). The van der Waals surface area contributed by atoms with Crippen LogP contribution in [0.15, 0.2) is 18.2 Å². The standard InChI is InChI=1S/C12H14FN3O/c13-9-4-1-5-10-11(9)15-12(14)16(10)7-8-3-2-6-17-8/h1,4-5,8H,2-3,6-7H2,(H2,14,15). The summed E-state index contributed by atoms with van der Waals surface area (Å²) in [5, 5.41) is 0. The quantitative estimate of drug-likeness (QED) is 0.865. The molecule has 1 aromatic heterocycles. The van der Waals surface area contributed by atoms with Gasteiger partial charge in [-0.2, -0.15) is 0 Å². The van der Waals surface area contributed by atoms with Crippen molar-refractivity contribution in [1.29, 1.82) is 0 Å². The molecule has 1 saturated heterocycles. The molecule has 1 aliphatic rings. The average molecular weight is 235 g/mol. The normalized spacial score (nSPS) is 20.2. The summed E-state index contributed by atoms with van der Waals surface area (Å²) in [6, 6.07) is 4.90. The van der Waals surface area contributed by atoms with Crippen molar-refractivity contribution in [1.82, 2.24) is 9.55 Å². The summed E-state index contributed by atoms with van der Waals surface area (Å²) in [5.74, 6) is 0.0147. The first kappa shape index (κ1) is 10.5. The third-order valence-corrected chi connectivity index (χ3v) is 3.17. The molecule has 2 aromatic rings. The highest BCUT2D eigenvalue weighted by Gasteiger charge is 2.19. The first-order valence-electron chi connectivity index (χ1n) is 5.77. The SMILES string of the molecule is Nc1nc2c(F)cccc2n1CC1CCCO1. The van der Waals surface area contributed by atoms with E-state index in [2.05, 4.69) is 4.98 Å². The van der Waals surface area contributed by atoms with Crippen LogP contribution in [0.5, 0.6) is 0 Å². The van der Waals surface area contributed by atoms with Crippen LogP contribution in [-0.4, -0.2) is 22.3 Å². The van der Waals surface area contributed by atoms with E-state index in [1.54, 1.807) is 6.07 Å². The molecule has 2 N–H and O–H groups in total. The topological polar surface area (TPSA) is 53.1 Å². The minimum absolute atomic E-state index is 0.165. The average Bonchev–Trinajstić information content (AvgIpc) is 2.91. The lowest BCUT2D eigenvalue weighted by Crippen LogP contribution is -2.16. The lowest BCUT2D eigenvalue weighted by Gasteiger charge is -2.12. The highest BCUT2D eigenvalue weighted by Crippen LogP contribution is 2.23. The van der Waals surface area contributed by atoms with Crippen LogP contribution < -0.4 is 5.73 Å². The number of nitrogens with zero attached hydrogens (tertiary/aromatic N) is 2. The maximum atomic E-state index is 13.5. The summed E-state index contributed by atoms with van der Waals surface area (Å²) < 4.78 is 20.9. The highest BCUT2D eigenvalue weighted by atomic mass is 19.1. The Kier molecular flexibility index (Phi) is 2.48. The number of benzene rings is 1. The van der Waals surface area contributed by atoms with Crippen molar-refractivity contribution in [3.8, 4) is 0 Å². The van der Waals surface area contributed by atoms with Crippen molar-refractivity contribution in [2.24, 2.45) is 0 Å². The lowest BCUT2D eigenvalue weighted by molar-refractivity contribution is 0.0984. The van der Waals surface area contributed by atoms with Crippen molar-refractivity contribution < 1.29 is 9.13 Å². The van der Waals surface area contributed by atoms with Gasteiger partial charge in [-0.3, -0.25) is 0 Å². The molecule has 1 aliphatic heterocycles. The Balaban J connectivity index is 2.02. The van der Waals surface area contributed by atoms with Crippen LogP contribution in [-0.2, 0) is 11.3 Å². The van der Waals surface area contributed by atoms with E-state index < -0.39 is 0 Å². The van der Waals surface area contributed by atoms with Gasteiger partial charge in [-0.15, -0.1) is 0 Å². The van der Waals surface area contributed by atoms with E-state index in [9.17, 15) is 4.39 Å². The number of fused-ring (bicyclic) bond motifs is 1. The first-order chi connectivity index (χ1) is 8.25. The van der Waals surface area contributed by atoms with Crippen molar-refractivity contribution in [3.05, 3.63) is 24.0 Å². The minimum atomic E-state index is -0.333. The number of nitrogen functional groups attached to an aromatic ring is 1. The summed E-state index contributed by atoms with van der Waals surface area (Å²) in [7, 11) is 0. The molecule has 90 valence electrons. The Morgan fingerprint density at radius 1 is 1.53 bits per heavy atom. The molecule has 2 heterocycles. The number of hydrogen-bond acceptors (Lipinski definition) is 3. The fourth-order valence-electron chi connectivity index (χ4n) is 2.31. The fraction of sp³-hybridized carbons (Fsp3) is 0.417. The third kappa shape index (κ3) is 1.76. The minimum Gasteiger partial charge on any atom is -0.376 e. The smallest absolute Gasteiger partial charge is 0.201 e. The Labute approximate surface area is 98.2 Å². The molecule has 0 saturated carbocycles. The Hall–Kier alpha value is -1.62. The molecule has 17 heavy (non-hydrogen) atoms. The van der Waals surface area contributed by atoms with Gasteiger partial charge in [0.2, 0.25) is 5.95 Å². The summed E-state index contributed by atoms with van der Waals surface area (Å²) in [6.07, 6.45) is 2.26. The maximum absolute atomic E-state index is 13.5. The molecule has 0 radical (unpaired) electrons. The van der Waals surface area contributed by atoms with Gasteiger partial charge in [0.25, 0.3) is 0 Å². The third-order valence-electron chi connectivity index (χ3n) is 3.17. The molecule has 0 amide bonds. The van der Waals surface area contributed by atoms with E-state index in [1.807, 2.05) is 10.6 Å². The van der Waals surface area contributed by atoms with Gasteiger partial charge >= 0.3 is 0 Å². The second-order valence-corrected chi connectivity index (χ2v) is 4.32. The first-order valence-corrected chi connectivity index (χ1v) is 5.77. The predicted molar refractivity (Wildman–Crippen MR) is 63.1 cm³/mol. The number of nitrogens with two attached hydrogens (primary N) is 1. The molecular formula is C12H14FN3O. The summed E-state index contributed by atoms with van der Waals surface area (Å²) in [5.41, 5.74) is 6.90. The number of anilines is 1. The largest absolute Gasteiger partial charge is 0.376 e. The fourth-order valence-corrected chi connectivity index (χ4v) is 2.31. The van der Waals surface area contributed by atoms with Crippen LogP contribution in [0.2, 0.25) is 0 Å². The van der Waals surface area contributed by atoms with E-state index in [0.717, 1.165) is 25.0 Å². The Morgan fingerprint density at radius 3 is 3.18 bits per heavy atom. The predicted octanol–water partition coefficient (Wildman–Crippen LogP) is 1.94. The zero-order valence-corrected chi connectivity index (χ0v) is 9.40. The van der Waals surface area contributed by atoms with Gasteiger partial charge in [-0.25, -0.2) is 9.37 Å². The van der Waals surface area contributed by atoms with Crippen molar-refractivity contribution in [2.45, 2.75) is 25.5 Å². The molecule has 5 heteroatoms. The second-order valence-electron chi connectivity index (χ2n) is 4.32.